The molecule has 2 aromatic rings. The normalized spacial score (nSPS) is 13.7. The zero-order chi connectivity index (χ0) is 22.4. The first-order valence-electron chi connectivity index (χ1n) is 11.8. The molecule has 0 nitrogen and oxygen atoms in total. The summed E-state index contributed by atoms with van der Waals surface area (Å²) in [7, 11) is 0. The monoisotopic (exact) mass is 670 g/mol. The van der Waals surface area contributed by atoms with E-state index >= 15 is 0 Å². The lowest BCUT2D eigenvalue weighted by Crippen LogP contribution is -2.29. The van der Waals surface area contributed by atoms with Gasteiger partial charge in [-0.05, 0) is 35.1 Å². The molecule has 0 bridgehead atoms. The summed E-state index contributed by atoms with van der Waals surface area (Å²) >= 11 is 15.0. The Morgan fingerprint density at radius 2 is 1.03 bits per heavy atom. The van der Waals surface area contributed by atoms with Crippen LogP contribution in [0.2, 0.25) is 0 Å². The van der Waals surface area contributed by atoms with Crippen molar-refractivity contribution >= 4 is 82.7 Å². The van der Waals surface area contributed by atoms with Gasteiger partial charge in [-0.25, -0.2) is 0 Å². The van der Waals surface area contributed by atoms with Gasteiger partial charge in [0.1, 0.15) is 0 Å². The Bertz CT molecular complexity index is 795. The molecule has 0 atom stereocenters. The van der Waals surface area contributed by atoms with Crippen LogP contribution in [0.4, 0.5) is 0 Å². The molecule has 0 unspecified atom stereocenters. The summed E-state index contributed by atoms with van der Waals surface area (Å²) in [5.41, 5.74) is 8.75. The van der Waals surface area contributed by atoms with E-state index in [1.165, 1.54) is 86.3 Å². The van der Waals surface area contributed by atoms with Crippen molar-refractivity contribution in [2.75, 3.05) is 0 Å². The van der Waals surface area contributed by atoms with Gasteiger partial charge >= 0.3 is 8.72 Å². The molecule has 1 aliphatic carbocycles. The van der Waals surface area contributed by atoms with Crippen molar-refractivity contribution in [3.8, 4) is 11.1 Å². The van der Waals surface area contributed by atoms with Gasteiger partial charge in [0.25, 0.3) is 0 Å². The van der Waals surface area contributed by atoms with Crippen LogP contribution in [0.1, 0.15) is 89.2 Å². The predicted molar refractivity (Wildman–Crippen MR) is 157 cm³/mol. The summed E-state index contributed by atoms with van der Waals surface area (Å²) in [4.78, 5) is 0. The highest BCUT2D eigenvalue weighted by Crippen LogP contribution is 2.53. The van der Waals surface area contributed by atoms with E-state index in [1.54, 1.807) is 11.1 Å². The number of hydrogen-bond acceptors (Lipinski definition) is 0. The maximum Gasteiger partial charge on any atom is 0.329 e. The third kappa shape index (κ3) is 5.95. The number of rotatable bonds is 12. The maximum atomic E-state index is 3.74. The second-order valence-electron chi connectivity index (χ2n) is 8.91. The molecule has 6 heteroatoms. The third-order valence-electron chi connectivity index (χ3n) is 6.83. The minimum atomic E-state index is 0.127. The van der Waals surface area contributed by atoms with Gasteiger partial charge in [0.15, 0.2) is 0 Å². The molecule has 0 saturated carbocycles. The van der Waals surface area contributed by atoms with E-state index in [4.69, 9.17) is 0 Å². The molecule has 166 valence electrons. The first kappa shape index (κ1) is 26.1. The molecule has 0 amide bonds. The number of hydrogen-bond donors (Lipinski definition) is 0. The van der Waals surface area contributed by atoms with Gasteiger partial charge in [0.2, 0.25) is 0 Å². The topological polar surface area (TPSA) is 0 Å². The van der Waals surface area contributed by atoms with E-state index < -0.39 is 0 Å². The van der Waals surface area contributed by atoms with Crippen molar-refractivity contribution in [2.24, 2.45) is 0 Å². The first-order chi connectivity index (χ1) is 14.9. The average Bonchev–Trinajstić information content (AvgIpc) is 3.03. The molecule has 3 rings (SSSR count). The smallest absolute Gasteiger partial charge is 0.132 e. The summed E-state index contributed by atoms with van der Waals surface area (Å²) < 4.78 is 0.383. The van der Waals surface area contributed by atoms with Crippen LogP contribution in [0.15, 0.2) is 36.4 Å². The number of halogens is 4. The Morgan fingerprint density at radius 3 is 1.39 bits per heavy atom. The molecule has 0 N–H and O–H groups in total. The molecule has 0 fully saturated rings. The number of fused-ring (bicyclic) bond motifs is 3. The van der Waals surface area contributed by atoms with Crippen LogP contribution in [-0.2, 0) is 5.41 Å². The van der Waals surface area contributed by atoms with Crippen molar-refractivity contribution in [3.05, 3.63) is 47.5 Å². The SMILES string of the molecule is CCCCCCC1(CCCCCC)c2cc(B(Br)Br)ccc2-c2ccc(B(Br)Br)cc21. The van der Waals surface area contributed by atoms with Gasteiger partial charge < -0.3 is 0 Å². The third-order valence-corrected chi connectivity index (χ3v) is 8.94. The molecule has 1 aliphatic rings. The maximum absolute atomic E-state index is 3.74. The van der Waals surface area contributed by atoms with E-state index in [2.05, 4.69) is 113 Å². The second-order valence-corrected chi connectivity index (χ2v) is 15.0. The zero-order valence-corrected chi connectivity index (χ0v) is 25.0. The van der Waals surface area contributed by atoms with Crippen molar-refractivity contribution < 1.29 is 0 Å². The van der Waals surface area contributed by atoms with Crippen LogP contribution in [-0.4, -0.2) is 8.72 Å². The molecule has 0 aliphatic heterocycles. The largest absolute Gasteiger partial charge is 0.329 e. The Balaban J connectivity index is 2.12. The lowest BCUT2D eigenvalue weighted by atomic mass is 9.69. The molecule has 0 heterocycles. The summed E-state index contributed by atoms with van der Waals surface area (Å²) in [6, 6.07) is 14.2. The second kappa shape index (κ2) is 12.3. The average molecular weight is 674 g/mol. The minimum absolute atomic E-state index is 0.127. The Hall–Kier alpha value is 0.490. The Kier molecular flexibility index (Phi) is 10.3. The van der Waals surface area contributed by atoms with Gasteiger partial charge in [-0.1, -0.05) is 113 Å². The summed E-state index contributed by atoms with van der Waals surface area (Å²) in [6.07, 6.45) is 13.0. The highest BCUT2D eigenvalue weighted by Gasteiger charge is 2.42. The predicted octanol–water partition coefficient (Wildman–Crippen LogP) is 8.86. The lowest BCUT2D eigenvalue weighted by Gasteiger charge is -2.33. The van der Waals surface area contributed by atoms with Crippen molar-refractivity contribution in [2.45, 2.75) is 83.5 Å². The summed E-state index contributed by atoms with van der Waals surface area (Å²) in [5.74, 6) is 0. The molecule has 0 aromatic heterocycles. The highest BCUT2D eigenvalue weighted by molar-refractivity contribution is 9.50. The van der Waals surface area contributed by atoms with Gasteiger partial charge in [-0.15, -0.1) is 63.0 Å². The van der Waals surface area contributed by atoms with E-state index in [9.17, 15) is 0 Å². The lowest BCUT2D eigenvalue weighted by molar-refractivity contribution is 0.401. The first-order valence-corrected chi connectivity index (χ1v) is 15.5. The van der Waals surface area contributed by atoms with Crippen molar-refractivity contribution in [1.82, 2.24) is 0 Å². The molecule has 0 saturated heterocycles. The molecule has 0 radical (unpaired) electrons. The van der Waals surface area contributed by atoms with Crippen LogP contribution in [0.3, 0.4) is 0 Å². The fraction of sp³-hybridized carbons (Fsp3) is 0.520. The van der Waals surface area contributed by atoms with Crippen molar-refractivity contribution in [3.63, 3.8) is 0 Å². The van der Waals surface area contributed by atoms with Crippen LogP contribution in [0, 0.1) is 0 Å². The Labute approximate surface area is 223 Å². The van der Waals surface area contributed by atoms with Crippen LogP contribution >= 0.6 is 63.0 Å². The van der Waals surface area contributed by atoms with Gasteiger partial charge in [-0.3, -0.25) is 0 Å². The van der Waals surface area contributed by atoms with Gasteiger partial charge in [0, 0.05) is 5.41 Å². The number of benzene rings is 2. The van der Waals surface area contributed by atoms with Crippen LogP contribution in [0.5, 0.6) is 0 Å². The number of unbranched alkanes of at least 4 members (excludes halogenated alkanes) is 6. The van der Waals surface area contributed by atoms with Crippen molar-refractivity contribution in [1.29, 1.82) is 0 Å². The minimum Gasteiger partial charge on any atom is -0.132 e. The van der Waals surface area contributed by atoms with Crippen LogP contribution < -0.4 is 10.9 Å². The van der Waals surface area contributed by atoms with E-state index in [1.807, 2.05) is 0 Å². The fourth-order valence-electron chi connectivity index (χ4n) is 5.17. The molecule has 31 heavy (non-hydrogen) atoms. The fourth-order valence-corrected chi connectivity index (χ4v) is 6.31. The van der Waals surface area contributed by atoms with E-state index in [-0.39, 0.29) is 14.1 Å². The highest BCUT2D eigenvalue weighted by atomic mass is 79.9. The zero-order valence-electron chi connectivity index (χ0n) is 18.7. The summed E-state index contributed by atoms with van der Waals surface area (Å²) in [5, 5.41) is 0. The Morgan fingerprint density at radius 1 is 0.613 bits per heavy atom. The van der Waals surface area contributed by atoms with Gasteiger partial charge in [-0.2, -0.15) is 0 Å². The molecular formula is C25H32B2Br4. The molecule has 2 aromatic carbocycles. The standard InChI is InChI=1S/C25H32B2Br4/c1-3-5-7-9-15-25(16-10-8-6-4-2)23-17-19(26(28)29)11-13-21(23)22-14-12-20(27(30)31)18-24(22)25/h11-14,17-18H,3-10,15-16H2,1-2H3. The molecule has 0 spiro atoms. The summed E-state index contributed by atoms with van der Waals surface area (Å²) in [6.45, 7) is 4.61. The quantitative estimate of drug-likeness (QED) is 0.156. The van der Waals surface area contributed by atoms with E-state index in [0.717, 1.165) is 0 Å². The van der Waals surface area contributed by atoms with Crippen LogP contribution in [0.25, 0.3) is 11.1 Å². The van der Waals surface area contributed by atoms with E-state index in [0.29, 0.717) is 0 Å². The van der Waals surface area contributed by atoms with Gasteiger partial charge in [0.05, 0.1) is 0 Å². The molecular weight excluding hydrogens is 642 g/mol.